The zero-order chi connectivity index (χ0) is 18.3. The van der Waals surface area contributed by atoms with E-state index in [9.17, 15) is 19.7 Å². The van der Waals surface area contributed by atoms with Crippen molar-refractivity contribution in [1.82, 2.24) is 4.90 Å². The number of carbonyl (C=O) groups is 2. The third kappa shape index (κ3) is 3.11. The fourth-order valence-corrected chi connectivity index (χ4v) is 3.71. The third-order valence-corrected chi connectivity index (χ3v) is 5.35. The second-order valence-electron chi connectivity index (χ2n) is 7.02. The summed E-state index contributed by atoms with van der Waals surface area (Å²) in [6.07, 6.45) is 1.49. The van der Waals surface area contributed by atoms with Gasteiger partial charge >= 0.3 is 0 Å². The molecule has 1 amide bonds. The predicted molar refractivity (Wildman–Crippen MR) is 90.0 cm³/mol. The van der Waals surface area contributed by atoms with Gasteiger partial charge in [-0.3, -0.25) is 19.7 Å². The van der Waals surface area contributed by atoms with Crippen LogP contribution in [0.1, 0.15) is 29.6 Å². The van der Waals surface area contributed by atoms with E-state index in [1.807, 2.05) is 0 Å². The van der Waals surface area contributed by atoms with E-state index in [-0.39, 0.29) is 22.5 Å². The highest BCUT2D eigenvalue weighted by molar-refractivity contribution is 5.98. The van der Waals surface area contributed by atoms with E-state index in [1.54, 1.807) is 23.1 Å². The lowest BCUT2D eigenvalue weighted by Gasteiger charge is -2.31. The summed E-state index contributed by atoms with van der Waals surface area (Å²) < 4.78 is 11.0. The second kappa shape index (κ2) is 6.59. The van der Waals surface area contributed by atoms with Gasteiger partial charge in [0.25, 0.3) is 0 Å². The SMILES string of the molecule is O=C(c1ccc2c(c1)OCCO2)C1CCN(C(=O)[C@H]2C[C@H]2[N+](=O)[O-])CC1. The summed E-state index contributed by atoms with van der Waals surface area (Å²) in [5.74, 6) is 0.523. The third-order valence-electron chi connectivity index (χ3n) is 5.35. The Morgan fingerprint density at radius 1 is 1.12 bits per heavy atom. The molecule has 3 aliphatic rings. The molecule has 1 saturated carbocycles. The number of piperidine rings is 1. The minimum atomic E-state index is -0.723. The van der Waals surface area contributed by atoms with Gasteiger partial charge in [-0.05, 0) is 31.0 Å². The lowest BCUT2D eigenvalue weighted by molar-refractivity contribution is -0.497. The molecule has 1 aromatic rings. The molecule has 2 aliphatic heterocycles. The van der Waals surface area contributed by atoms with Crippen molar-refractivity contribution in [2.75, 3.05) is 26.3 Å². The van der Waals surface area contributed by atoms with Crippen molar-refractivity contribution >= 4 is 11.7 Å². The number of amides is 1. The summed E-state index contributed by atoms with van der Waals surface area (Å²) in [4.78, 5) is 37.1. The quantitative estimate of drug-likeness (QED) is 0.459. The molecule has 0 spiro atoms. The number of carbonyl (C=O) groups excluding carboxylic acids is 2. The summed E-state index contributed by atoms with van der Waals surface area (Å²) in [5.41, 5.74) is 0.592. The molecule has 1 aliphatic carbocycles. The van der Waals surface area contributed by atoms with Crippen LogP contribution in [0.15, 0.2) is 18.2 Å². The zero-order valence-electron chi connectivity index (χ0n) is 14.3. The summed E-state index contributed by atoms with van der Waals surface area (Å²) in [5, 5.41) is 10.7. The number of ketones is 1. The lowest BCUT2D eigenvalue weighted by Crippen LogP contribution is -2.41. The zero-order valence-corrected chi connectivity index (χ0v) is 14.3. The van der Waals surface area contributed by atoms with Gasteiger partial charge in [0.2, 0.25) is 11.9 Å². The summed E-state index contributed by atoms with van der Waals surface area (Å²) in [6.45, 7) is 1.92. The Balaban J connectivity index is 1.35. The molecular weight excluding hydrogens is 340 g/mol. The van der Waals surface area contributed by atoms with Gasteiger partial charge in [0.15, 0.2) is 17.3 Å². The molecule has 2 heterocycles. The van der Waals surface area contributed by atoms with Crippen molar-refractivity contribution in [2.45, 2.75) is 25.3 Å². The lowest BCUT2D eigenvalue weighted by atomic mass is 9.88. The maximum absolute atomic E-state index is 12.8. The van der Waals surface area contributed by atoms with E-state index in [2.05, 4.69) is 0 Å². The van der Waals surface area contributed by atoms with Gasteiger partial charge in [0, 0.05) is 35.9 Å². The molecule has 0 bridgehead atoms. The Bertz CT molecular complexity index is 756. The van der Waals surface area contributed by atoms with E-state index in [1.165, 1.54) is 0 Å². The first-order valence-electron chi connectivity index (χ1n) is 8.90. The van der Waals surface area contributed by atoms with Crippen LogP contribution in [0.3, 0.4) is 0 Å². The highest BCUT2D eigenvalue weighted by atomic mass is 16.6. The number of Topliss-reactive ketones (excluding diaryl/α,β-unsaturated/α-hetero) is 1. The van der Waals surface area contributed by atoms with Crippen molar-refractivity contribution in [3.05, 3.63) is 33.9 Å². The molecule has 2 fully saturated rings. The highest BCUT2D eigenvalue weighted by Gasteiger charge is 2.54. The van der Waals surface area contributed by atoms with Crippen LogP contribution in [-0.2, 0) is 4.79 Å². The van der Waals surface area contributed by atoms with E-state index < -0.39 is 12.0 Å². The number of fused-ring (bicyclic) bond motifs is 1. The number of benzene rings is 1. The molecule has 0 aromatic heterocycles. The van der Waals surface area contributed by atoms with Gasteiger partial charge in [0.1, 0.15) is 19.1 Å². The molecule has 4 rings (SSSR count). The van der Waals surface area contributed by atoms with Crippen molar-refractivity contribution in [3.63, 3.8) is 0 Å². The van der Waals surface area contributed by atoms with Crippen LogP contribution in [-0.4, -0.2) is 53.9 Å². The molecule has 8 nitrogen and oxygen atoms in total. The average molecular weight is 360 g/mol. The van der Waals surface area contributed by atoms with Crippen molar-refractivity contribution in [1.29, 1.82) is 0 Å². The van der Waals surface area contributed by atoms with Gasteiger partial charge in [-0.25, -0.2) is 0 Å². The maximum atomic E-state index is 12.8. The highest BCUT2D eigenvalue weighted by Crippen LogP contribution is 2.36. The van der Waals surface area contributed by atoms with Crippen molar-refractivity contribution in [3.8, 4) is 11.5 Å². The first-order chi connectivity index (χ1) is 12.5. The van der Waals surface area contributed by atoms with Gasteiger partial charge in [-0.2, -0.15) is 0 Å². The Kier molecular flexibility index (Phi) is 4.26. The summed E-state index contributed by atoms with van der Waals surface area (Å²) in [7, 11) is 0. The predicted octanol–water partition coefficient (Wildman–Crippen LogP) is 1.54. The summed E-state index contributed by atoms with van der Waals surface area (Å²) in [6, 6.07) is 4.50. The standard InChI is InChI=1S/C18H20N2O6/c21-17(12-1-2-15-16(9-12)26-8-7-25-15)11-3-5-19(6-4-11)18(22)13-10-14(13)20(23)24/h1-2,9,11,13-14H,3-8,10H2/t13-,14+/m0/s1. The molecule has 0 N–H and O–H groups in total. The fraction of sp³-hybridized carbons (Fsp3) is 0.556. The minimum Gasteiger partial charge on any atom is -0.486 e. The van der Waals surface area contributed by atoms with Gasteiger partial charge < -0.3 is 14.4 Å². The average Bonchev–Trinajstić information content (AvgIpc) is 3.48. The van der Waals surface area contributed by atoms with Crippen molar-refractivity contribution < 1.29 is 24.0 Å². The Morgan fingerprint density at radius 2 is 1.81 bits per heavy atom. The summed E-state index contributed by atoms with van der Waals surface area (Å²) >= 11 is 0. The number of ether oxygens (including phenoxy) is 2. The molecule has 2 atom stereocenters. The molecule has 26 heavy (non-hydrogen) atoms. The van der Waals surface area contributed by atoms with E-state index in [4.69, 9.17) is 9.47 Å². The first kappa shape index (κ1) is 16.8. The molecule has 8 heteroatoms. The molecule has 0 unspecified atom stereocenters. The number of nitro groups is 1. The second-order valence-corrected chi connectivity index (χ2v) is 7.02. The van der Waals surface area contributed by atoms with Crippen LogP contribution in [0.4, 0.5) is 0 Å². The van der Waals surface area contributed by atoms with E-state index >= 15 is 0 Å². The fourth-order valence-electron chi connectivity index (χ4n) is 3.71. The van der Waals surface area contributed by atoms with Crippen molar-refractivity contribution in [2.24, 2.45) is 11.8 Å². The molecule has 1 aromatic carbocycles. The van der Waals surface area contributed by atoms with Gasteiger partial charge in [0.05, 0.1) is 0 Å². The normalized spacial score (nSPS) is 24.8. The molecule has 1 saturated heterocycles. The van der Waals surface area contributed by atoms with Crippen LogP contribution in [0, 0.1) is 22.0 Å². The molecule has 138 valence electrons. The first-order valence-corrected chi connectivity index (χ1v) is 8.90. The number of hydrogen-bond donors (Lipinski definition) is 0. The number of nitrogens with zero attached hydrogens (tertiary/aromatic N) is 2. The smallest absolute Gasteiger partial charge is 0.232 e. The number of likely N-dealkylation sites (tertiary alicyclic amines) is 1. The largest absolute Gasteiger partial charge is 0.486 e. The number of hydrogen-bond acceptors (Lipinski definition) is 6. The van der Waals surface area contributed by atoms with Crippen LogP contribution in [0.2, 0.25) is 0 Å². The molecule has 0 radical (unpaired) electrons. The molecular formula is C18H20N2O6. The Labute approximate surface area is 150 Å². The number of rotatable bonds is 4. The van der Waals surface area contributed by atoms with Crippen LogP contribution < -0.4 is 9.47 Å². The van der Waals surface area contributed by atoms with E-state index in [0.717, 1.165) is 0 Å². The Hall–Kier alpha value is -2.64. The topological polar surface area (TPSA) is 99.0 Å². The van der Waals surface area contributed by atoms with Crippen LogP contribution >= 0.6 is 0 Å². The van der Waals surface area contributed by atoms with Crippen LogP contribution in [0.25, 0.3) is 0 Å². The minimum absolute atomic E-state index is 0.0451. The van der Waals surface area contributed by atoms with Gasteiger partial charge in [-0.1, -0.05) is 0 Å². The van der Waals surface area contributed by atoms with E-state index in [0.29, 0.717) is 62.6 Å². The van der Waals surface area contributed by atoms with Gasteiger partial charge in [-0.15, -0.1) is 0 Å². The Morgan fingerprint density at radius 3 is 2.46 bits per heavy atom. The maximum Gasteiger partial charge on any atom is 0.232 e. The van der Waals surface area contributed by atoms with Crippen LogP contribution in [0.5, 0.6) is 11.5 Å². The monoisotopic (exact) mass is 360 g/mol.